The molecule has 0 aromatic carbocycles. The minimum Gasteiger partial charge on any atom is -0.466 e. The van der Waals surface area contributed by atoms with Crippen LogP contribution in [0.3, 0.4) is 0 Å². The van der Waals surface area contributed by atoms with Gasteiger partial charge in [0, 0.05) is 12.8 Å². The lowest BCUT2D eigenvalue weighted by Crippen LogP contribution is -2.49. The van der Waals surface area contributed by atoms with Crippen LogP contribution in [0.15, 0.2) is 0 Å². The molecule has 0 aliphatic heterocycles. The molecule has 364 valence electrons. The molecule has 0 radical (unpaired) electrons. The second-order valence-electron chi connectivity index (χ2n) is 20.4. The zero-order chi connectivity index (χ0) is 45.2. The number of amides is 3. The van der Waals surface area contributed by atoms with Crippen molar-refractivity contribution in [2.45, 2.75) is 257 Å². The summed E-state index contributed by atoms with van der Waals surface area (Å²) in [5.41, 5.74) is 0.0869. The fraction of sp³-hybridized carbons (Fsp3) is 0.906. The molecular weight excluding hydrogens is 791 g/mol. The van der Waals surface area contributed by atoms with Crippen molar-refractivity contribution in [2.24, 2.45) is 23.2 Å². The van der Waals surface area contributed by atoms with E-state index in [0.717, 1.165) is 75.5 Å². The van der Waals surface area contributed by atoms with Gasteiger partial charge in [-0.2, -0.15) is 0 Å². The van der Waals surface area contributed by atoms with Crippen molar-refractivity contribution in [2.75, 3.05) is 26.3 Å². The summed E-state index contributed by atoms with van der Waals surface area (Å²) < 4.78 is 11.1. The van der Waals surface area contributed by atoms with Crippen LogP contribution in [0.25, 0.3) is 0 Å². The Balaban J connectivity index is 1.29. The van der Waals surface area contributed by atoms with Gasteiger partial charge in [-0.1, -0.05) is 181 Å². The lowest BCUT2D eigenvalue weighted by Gasteiger charge is -2.56. The van der Waals surface area contributed by atoms with Gasteiger partial charge in [0.2, 0.25) is 17.7 Å². The highest BCUT2D eigenvalue weighted by Crippen LogP contribution is 2.61. The Bertz CT molecular complexity index is 1220. The highest BCUT2D eigenvalue weighted by molar-refractivity contribution is 5.90. The fourth-order valence-electron chi connectivity index (χ4n) is 11.2. The molecule has 0 aromatic heterocycles. The molecule has 4 saturated carbocycles. The summed E-state index contributed by atoms with van der Waals surface area (Å²) in [6.45, 7) is 4.57. The maximum Gasteiger partial charge on any atom is 0.328 e. The van der Waals surface area contributed by atoms with Crippen molar-refractivity contribution >= 4 is 29.7 Å². The summed E-state index contributed by atoms with van der Waals surface area (Å²) >= 11 is 0. The average Bonchev–Trinajstić information content (AvgIpc) is 3.25. The zero-order valence-corrected chi connectivity index (χ0v) is 40.7. The molecule has 0 spiro atoms. The van der Waals surface area contributed by atoms with Crippen LogP contribution >= 0.6 is 0 Å². The van der Waals surface area contributed by atoms with E-state index in [4.69, 9.17) is 9.47 Å². The monoisotopic (exact) mass is 886 g/mol. The molecule has 4 aliphatic carbocycles. The third-order valence-corrected chi connectivity index (χ3v) is 14.4. The molecule has 3 N–H and O–H groups in total. The van der Waals surface area contributed by atoms with Gasteiger partial charge in [0.25, 0.3) is 0 Å². The molecule has 3 amide bonds. The molecule has 4 aliphatic rings. The van der Waals surface area contributed by atoms with Crippen LogP contribution in [-0.2, 0) is 33.4 Å². The molecule has 0 heterocycles. The van der Waals surface area contributed by atoms with Gasteiger partial charge in [0.15, 0.2) is 0 Å². The SMILES string of the molecule is CCCCCCCCCCCCCCCCOC(=O)CC[C@H](NC(=O)CNC(=O)CNC(=O)CC12CC3CC(CC(C3)C1)C2)C(=O)OCCCCCCCCCCCCCCCC. The number of nitrogens with one attached hydrogen (secondary N) is 3. The molecule has 63 heavy (non-hydrogen) atoms. The number of rotatable bonds is 41. The van der Waals surface area contributed by atoms with Gasteiger partial charge >= 0.3 is 11.9 Å². The van der Waals surface area contributed by atoms with Crippen LogP contribution in [0.4, 0.5) is 0 Å². The average molecular weight is 886 g/mol. The molecule has 1 atom stereocenters. The zero-order valence-electron chi connectivity index (χ0n) is 40.7. The number of esters is 2. The fourth-order valence-corrected chi connectivity index (χ4v) is 11.2. The normalized spacial score (nSPS) is 20.3. The standard InChI is InChI=1S/C53H95N3O7/c1-3-5-7-9-11-13-15-17-19-21-23-25-27-29-33-62-51(60)32-31-47(52(61)63-34-30-28-26-24-22-20-18-16-14-12-10-8-6-4-2)56-50(59)43-55-49(58)42-54-48(57)41-53-38-44-35-45(39-53)37-46(36-44)40-53/h44-47H,3-43H2,1-2H3,(H,54,57)(H,55,58)(H,56,59)/t44?,45?,46?,47-,53?/m0/s1. The van der Waals surface area contributed by atoms with Crippen LogP contribution in [0.5, 0.6) is 0 Å². The van der Waals surface area contributed by atoms with E-state index in [-0.39, 0.29) is 43.9 Å². The molecule has 10 heteroatoms. The second kappa shape index (κ2) is 34.7. The van der Waals surface area contributed by atoms with Gasteiger partial charge in [0.1, 0.15) is 6.04 Å². The van der Waals surface area contributed by atoms with Crippen molar-refractivity contribution in [3.05, 3.63) is 0 Å². The highest BCUT2D eigenvalue weighted by atomic mass is 16.5. The predicted octanol–water partition coefficient (Wildman–Crippen LogP) is 12.1. The third kappa shape index (κ3) is 26.2. The Morgan fingerprint density at radius 3 is 1.27 bits per heavy atom. The molecule has 4 rings (SSSR count). The van der Waals surface area contributed by atoms with E-state index < -0.39 is 29.8 Å². The largest absolute Gasteiger partial charge is 0.466 e. The van der Waals surface area contributed by atoms with Crippen LogP contribution < -0.4 is 16.0 Å². The minimum atomic E-state index is -1.03. The minimum absolute atomic E-state index is 0.0281. The lowest BCUT2D eigenvalue weighted by atomic mass is 9.49. The number of carbonyl (C=O) groups excluding carboxylic acids is 5. The molecule has 0 saturated heterocycles. The summed E-state index contributed by atoms with van der Waals surface area (Å²) in [4.78, 5) is 64.4. The summed E-state index contributed by atoms with van der Waals surface area (Å²) in [6, 6.07) is -1.03. The summed E-state index contributed by atoms with van der Waals surface area (Å²) in [5.74, 6) is 0.142. The first-order chi connectivity index (χ1) is 30.7. The lowest BCUT2D eigenvalue weighted by molar-refractivity contribution is -0.149. The van der Waals surface area contributed by atoms with Crippen molar-refractivity contribution in [3.8, 4) is 0 Å². The third-order valence-electron chi connectivity index (χ3n) is 14.4. The maximum atomic E-state index is 13.2. The van der Waals surface area contributed by atoms with E-state index in [2.05, 4.69) is 29.8 Å². The van der Waals surface area contributed by atoms with E-state index in [1.165, 1.54) is 161 Å². The Labute approximate surface area is 384 Å². The van der Waals surface area contributed by atoms with Gasteiger partial charge in [-0.15, -0.1) is 0 Å². The van der Waals surface area contributed by atoms with E-state index >= 15 is 0 Å². The summed E-state index contributed by atoms with van der Waals surface area (Å²) in [6.07, 6.45) is 42.7. The van der Waals surface area contributed by atoms with Crippen molar-refractivity contribution in [1.29, 1.82) is 0 Å². The van der Waals surface area contributed by atoms with E-state index in [0.29, 0.717) is 13.0 Å². The number of hydrogen-bond donors (Lipinski definition) is 3. The Kier molecular flexibility index (Phi) is 30.1. The van der Waals surface area contributed by atoms with Crippen LogP contribution in [0.2, 0.25) is 0 Å². The van der Waals surface area contributed by atoms with Crippen LogP contribution in [-0.4, -0.2) is 62.0 Å². The second-order valence-corrected chi connectivity index (χ2v) is 20.4. The van der Waals surface area contributed by atoms with Crippen LogP contribution in [0.1, 0.15) is 251 Å². The summed E-state index contributed by atoms with van der Waals surface area (Å²) in [7, 11) is 0. The smallest absolute Gasteiger partial charge is 0.328 e. The first-order valence-corrected chi connectivity index (χ1v) is 26.9. The highest BCUT2D eigenvalue weighted by Gasteiger charge is 2.51. The maximum absolute atomic E-state index is 13.2. The Morgan fingerprint density at radius 1 is 0.476 bits per heavy atom. The van der Waals surface area contributed by atoms with Crippen molar-refractivity contribution < 1.29 is 33.4 Å². The van der Waals surface area contributed by atoms with Gasteiger partial charge in [-0.3, -0.25) is 19.2 Å². The Morgan fingerprint density at radius 2 is 0.841 bits per heavy atom. The number of ether oxygens (including phenoxy) is 2. The first-order valence-electron chi connectivity index (χ1n) is 26.9. The van der Waals surface area contributed by atoms with E-state index in [9.17, 15) is 24.0 Å². The first kappa shape index (κ1) is 54.7. The van der Waals surface area contributed by atoms with Gasteiger partial charge < -0.3 is 25.4 Å². The van der Waals surface area contributed by atoms with Gasteiger partial charge in [-0.25, -0.2) is 4.79 Å². The number of unbranched alkanes of at least 4 members (excludes halogenated alkanes) is 26. The molecule has 4 bridgehead atoms. The predicted molar refractivity (Wildman–Crippen MR) is 255 cm³/mol. The quantitative estimate of drug-likeness (QED) is 0.0410. The van der Waals surface area contributed by atoms with Crippen LogP contribution in [0, 0.1) is 23.2 Å². The summed E-state index contributed by atoms with van der Waals surface area (Å²) in [5, 5.41) is 8.02. The molecule has 10 nitrogen and oxygen atoms in total. The van der Waals surface area contributed by atoms with Gasteiger partial charge in [0.05, 0.1) is 26.3 Å². The molecule has 4 fully saturated rings. The van der Waals surface area contributed by atoms with Crippen molar-refractivity contribution in [1.82, 2.24) is 16.0 Å². The number of carbonyl (C=O) groups is 5. The molecule has 0 unspecified atom stereocenters. The molecular formula is C53H95N3O7. The topological polar surface area (TPSA) is 140 Å². The molecule has 0 aromatic rings. The Hall–Kier alpha value is -2.65. The van der Waals surface area contributed by atoms with Crippen molar-refractivity contribution in [3.63, 3.8) is 0 Å². The van der Waals surface area contributed by atoms with E-state index in [1.54, 1.807) is 0 Å². The van der Waals surface area contributed by atoms with E-state index in [1.807, 2.05) is 0 Å². The van der Waals surface area contributed by atoms with Gasteiger partial charge in [-0.05, 0) is 81.0 Å². The number of hydrogen-bond acceptors (Lipinski definition) is 7.